The summed E-state index contributed by atoms with van der Waals surface area (Å²) in [6.07, 6.45) is 2.03. The van der Waals surface area contributed by atoms with Gasteiger partial charge in [0.15, 0.2) is 0 Å². The number of piperazine rings is 1. The molecule has 1 amide bonds. The molecule has 4 heteroatoms. The van der Waals surface area contributed by atoms with Crippen LogP contribution in [0.5, 0.6) is 0 Å². The molecule has 5 rings (SSSR count). The Morgan fingerprint density at radius 2 is 1.50 bits per heavy atom. The number of fused-ring (bicyclic) bond motifs is 1. The number of carbonyl (C=O) groups excluding carboxylic acids is 1. The molecule has 1 N–H and O–H groups in total. The van der Waals surface area contributed by atoms with Crippen molar-refractivity contribution in [3.63, 3.8) is 0 Å². The zero-order valence-electron chi connectivity index (χ0n) is 16.9. The molecule has 3 aromatic rings. The zero-order chi connectivity index (χ0) is 20.3. The van der Waals surface area contributed by atoms with Crippen LogP contribution in [0.3, 0.4) is 0 Å². The lowest BCUT2D eigenvalue weighted by molar-refractivity contribution is -0.110. The molecule has 0 radical (unpaired) electrons. The van der Waals surface area contributed by atoms with Gasteiger partial charge in [0.25, 0.3) is 5.91 Å². The molecule has 30 heavy (non-hydrogen) atoms. The van der Waals surface area contributed by atoms with Crippen LogP contribution in [0.15, 0.2) is 78.9 Å². The number of rotatable bonds is 4. The second-order valence-corrected chi connectivity index (χ2v) is 7.87. The van der Waals surface area contributed by atoms with Crippen molar-refractivity contribution < 1.29 is 4.79 Å². The molecule has 0 saturated carbocycles. The fourth-order valence-corrected chi connectivity index (χ4v) is 4.32. The summed E-state index contributed by atoms with van der Waals surface area (Å²) < 4.78 is 0. The molecule has 0 bridgehead atoms. The van der Waals surface area contributed by atoms with Gasteiger partial charge in [-0.25, -0.2) is 0 Å². The zero-order valence-corrected chi connectivity index (χ0v) is 16.9. The molecule has 0 aliphatic carbocycles. The van der Waals surface area contributed by atoms with Crippen LogP contribution in [-0.2, 0) is 11.3 Å². The molecular formula is C26H25N3O. The average Bonchev–Trinajstić information content (AvgIpc) is 3.11. The lowest BCUT2D eigenvalue weighted by atomic mass is 10.0. The SMILES string of the molecule is O=C1Nc2ccccc2C1=Cc1ccccc1N1CCN(Cc2ccccc2)CC1. The Kier molecular flexibility index (Phi) is 5.08. The third-order valence-electron chi connectivity index (χ3n) is 5.91. The van der Waals surface area contributed by atoms with Crippen LogP contribution in [0, 0.1) is 0 Å². The Labute approximate surface area is 177 Å². The first-order valence-electron chi connectivity index (χ1n) is 10.5. The molecular weight excluding hydrogens is 370 g/mol. The number of nitrogens with zero attached hydrogens (tertiary/aromatic N) is 2. The number of amides is 1. The maximum absolute atomic E-state index is 12.5. The Morgan fingerprint density at radius 1 is 0.800 bits per heavy atom. The molecule has 1 saturated heterocycles. The standard InChI is InChI=1S/C26H25N3O/c30-26-23(22-11-5-6-12-24(22)27-26)18-21-10-4-7-13-25(21)29-16-14-28(15-17-29)19-20-8-2-1-3-9-20/h1-13,18H,14-17,19H2,(H,27,30). The molecule has 4 nitrogen and oxygen atoms in total. The van der Waals surface area contributed by atoms with Gasteiger partial charge in [0, 0.05) is 55.2 Å². The van der Waals surface area contributed by atoms with E-state index in [1.54, 1.807) is 0 Å². The van der Waals surface area contributed by atoms with Crippen molar-refractivity contribution in [2.75, 3.05) is 36.4 Å². The summed E-state index contributed by atoms with van der Waals surface area (Å²) in [7, 11) is 0. The Bertz CT molecular complexity index is 1080. The topological polar surface area (TPSA) is 35.6 Å². The average molecular weight is 396 g/mol. The Hall–Kier alpha value is -3.37. The van der Waals surface area contributed by atoms with Crippen LogP contribution in [-0.4, -0.2) is 37.0 Å². The van der Waals surface area contributed by atoms with E-state index in [9.17, 15) is 4.79 Å². The smallest absolute Gasteiger partial charge is 0.256 e. The van der Waals surface area contributed by atoms with Crippen LogP contribution in [0.4, 0.5) is 11.4 Å². The van der Waals surface area contributed by atoms with Crippen LogP contribution < -0.4 is 10.2 Å². The maximum Gasteiger partial charge on any atom is 0.256 e. The number of para-hydroxylation sites is 2. The van der Waals surface area contributed by atoms with Gasteiger partial charge in [0.2, 0.25) is 0 Å². The molecule has 2 aliphatic heterocycles. The summed E-state index contributed by atoms with van der Waals surface area (Å²) in [6.45, 7) is 5.02. The summed E-state index contributed by atoms with van der Waals surface area (Å²) in [6, 6.07) is 26.9. The van der Waals surface area contributed by atoms with Gasteiger partial charge in [0.05, 0.1) is 0 Å². The van der Waals surface area contributed by atoms with Crippen LogP contribution in [0.25, 0.3) is 11.6 Å². The van der Waals surface area contributed by atoms with Gasteiger partial charge in [-0.2, -0.15) is 0 Å². The van der Waals surface area contributed by atoms with E-state index >= 15 is 0 Å². The third kappa shape index (κ3) is 3.74. The quantitative estimate of drug-likeness (QED) is 0.661. The molecule has 2 heterocycles. The van der Waals surface area contributed by atoms with Crippen molar-refractivity contribution in [2.24, 2.45) is 0 Å². The Morgan fingerprint density at radius 3 is 2.33 bits per heavy atom. The molecule has 150 valence electrons. The second kappa shape index (κ2) is 8.17. The van der Waals surface area contributed by atoms with Gasteiger partial charge in [-0.1, -0.05) is 66.7 Å². The van der Waals surface area contributed by atoms with Crippen molar-refractivity contribution in [1.82, 2.24) is 4.90 Å². The Balaban J connectivity index is 1.35. The minimum absolute atomic E-state index is 0.0290. The van der Waals surface area contributed by atoms with E-state index in [1.807, 2.05) is 36.4 Å². The van der Waals surface area contributed by atoms with E-state index in [4.69, 9.17) is 0 Å². The largest absolute Gasteiger partial charge is 0.368 e. The summed E-state index contributed by atoms with van der Waals surface area (Å²) in [5.41, 5.74) is 6.26. The monoisotopic (exact) mass is 395 g/mol. The molecule has 0 spiro atoms. The minimum Gasteiger partial charge on any atom is -0.368 e. The highest BCUT2D eigenvalue weighted by Gasteiger charge is 2.24. The number of anilines is 2. The van der Waals surface area contributed by atoms with Crippen molar-refractivity contribution in [2.45, 2.75) is 6.54 Å². The van der Waals surface area contributed by atoms with Gasteiger partial charge in [-0.3, -0.25) is 9.69 Å². The normalized spacial score (nSPS) is 17.8. The van der Waals surface area contributed by atoms with E-state index in [1.165, 1.54) is 11.3 Å². The van der Waals surface area contributed by atoms with Crippen molar-refractivity contribution >= 4 is 28.9 Å². The van der Waals surface area contributed by atoms with Gasteiger partial charge >= 0.3 is 0 Å². The van der Waals surface area contributed by atoms with E-state index in [0.717, 1.165) is 55.1 Å². The van der Waals surface area contributed by atoms with Crippen molar-refractivity contribution in [3.8, 4) is 0 Å². The van der Waals surface area contributed by atoms with Crippen molar-refractivity contribution in [1.29, 1.82) is 0 Å². The summed E-state index contributed by atoms with van der Waals surface area (Å²) in [5, 5.41) is 2.97. The van der Waals surface area contributed by atoms with E-state index in [-0.39, 0.29) is 5.91 Å². The van der Waals surface area contributed by atoms with Gasteiger partial charge in [0.1, 0.15) is 0 Å². The maximum atomic E-state index is 12.5. The molecule has 1 fully saturated rings. The van der Waals surface area contributed by atoms with Crippen molar-refractivity contribution in [3.05, 3.63) is 95.6 Å². The first kappa shape index (κ1) is 18.6. The lowest BCUT2D eigenvalue weighted by Gasteiger charge is -2.36. The van der Waals surface area contributed by atoms with Gasteiger partial charge < -0.3 is 10.2 Å². The highest BCUT2D eigenvalue weighted by Crippen LogP contribution is 2.34. The lowest BCUT2D eigenvalue weighted by Crippen LogP contribution is -2.46. The first-order chi connectivity index (χ1) is 14.8. The number of benzene rings is 3. The van der Waals surface area contributed by atoms with E-state index in [0.29, 0.717) is 0 Å². The molecule has 0 aromatic heterocycles. The number of hydrogen-bond donors (Lipinski definition) is 1. The second-order valence-electron chi connectivity index (χ2n) is 7.87. The molecule has 2 aliphatic rings. The summed E-state index contributed by atoms with van der Waals surface area (Å²) in [4.78, 5) is 17.5. The highest BCUT2D eigenvalue weighted by atomic mass is 16.2. The summed E-state index contributed by atoms with van der Waals surface area (Å²) in [5.74, 6) is -0.0290. The van der Waals surface area contributed by atoms with Gasteiger partial charge in [-0.15, -0.1) is 0 Å². The van der Waals surface area contributed by atoms with E-state index in [2.05, 4.69) is 63.6 Å². The third-order valence-corrected chi connectivity index (χ3v) is 5.91. The molecule has 0 unspecified atom stereocenters. The first-order valence-corrected chi connectivity index (χ1v) is 10.5. The van der Waals surface area contributed by atoms with E-state index < -0.39 is 0 Å². The van der Waals surface area contributed by atoms with Gasteiger partial charge in [-0.05, 0) is 29.3 Å². The van der Waals surface area contributed by atoms with Crippen LogP contribution >= 0.6 is 0 Å². The predicted octanol–water partition coefficient (Wildman–Crippen LogP) is 4.50. The molecule has 3 aromatic carbocycles. The fourth-order valence-electron chi connectivity index (χ4n) is 4.32. The number of hydrogen-bond acceptors (Lipinski definition) is 3. The number of carbonyl (C=O) groups is 1. The fraction of sp³-hybridized carbons (Fsp3) is 0.192. The highest BCUT2D eigenvalue weighted by molar-refractivity contribution is 6.35. The predicted molar refractivity (Wildman–Crippen MR) is 123 cm³/mol. The molecule has 0 atom stereocenters. The van der Waals surface area contributed by atoms with Crippen LogP contribution in [0.1, 0.15) is 16.7 Å². The number of nitrogens with one attached hydrogen (secondary N) is 1. The summed E-state index contributed by atoms with van der Waals surface area (Å²) >= 11 is 0. The minimum atomic E-state index is -0.0290. The van der Waals surface area contributed by atoms with Crippen LogP contribution in [0.2, 0.25) is 0 Å².